The van der Waals surface area contributed by atoms with Gasteiger partial charge in [-0.25, -0.2) is 9.59 Å². The molecule has 31 heavy (non-hydrogen) atoms. The van der Waals surface area contributed by atoms with Crippen LogP contribution < -0.4 is 0 Å². The van der Waals surface area contributed by atoms with Crippen molar-refractivity contribution < 1.29 is 29.0 Å². The van der Waals surface area contributed by atoms with E-state index in [4.69, 9.17) is 9.16 Å². The Labute approximate surface area is 186 Å². The van der Waals surface area contributed by atoms with Crippen molar-refractivity contribution in [2.24, 2.45) is 0 Å². The zero-order valence-corrected chi connectivity index (χ0v) is 20.7. The third kappa shape index (κ3) is 5.13. The van der Waals surface area contributed by atoms with Crippen LogP contribution in [0.15, 0.2) is 24.3 Å². The summed E-state index contributed by atoms with van der Waals surface area (Å²) in [4.78, 5) is 24.8. The van der Waals surface area contributed by atoms with Gasteiger partial charge in [-0.2, -0.15) is 0 Å². The van der Waals surface area contributed by atoms with Gasteiger partial charge in [0.25, 0.3) is 0 Å². The second-order valence-electron chi connectivity index (χ2n) is 9.37. The van der Waals surface area contributed by atoms with Crippen LogP contribution in [0.25, 0.3) is 0 Å². The van der Waals surface area contributed by atoms with Crippen LogP contribution in [0.4, 0.5) is 4.79 Å². The highest BCUT2D eigenvalue weighted by Crippen LogP contribution is 2.45. The van der Waals surface area contributed by atoms with E-state index in [2.05, 4.69) is 41.5 Å². The topological polar surface area (TPSA) is 96.3 Å². The zero-order valence-electron chi connectivity index (χ0n) is 19.7. The van der Waals surface area contributed by atoms with E-state index in [-0.39, 0.29) is 19.0 Å². The Morgan fingerprint density at radius 2 is 1.52 bits per heavy atom. The minimum absolute atomic E-state index is 0.0260. The van der Waals surface area contributed by atoms with Crippen LogP contribution >= 0.6 is 0 Å². The van der Waals surface area contributed by atoms with Crippen LogP contribution in [0, 0.1) is 0 Å². The summed E-state index contributed by atoms with van der Waals surface area (Å²) in [5.41, 5.74) is 2.23. The van der Waals surface area contributed by atoms with Gasteiger partial charge in [-0.15, -0.1) is 0 Å². The Balaban J connectivity index is 2.49. The molecule has 2 rings (SSSR count). The second-order valence-corrected chi connectivity index (χ2v) is 14.8. The van der Waals surface area contributed by atoms with Crippen molar-refractivity contribution in [2.75, 3.05) is 20.2 Å². The molecule has 0 spiro atoms. The highest BCUT2D eigenvalue weighted by Gasteiger charge is 2.50. The normalized spacial score (nSPS) is 22.3. The zero-order chi connectivity index (χ0) is 23.5. The molecule has 1 aliphatic rings. The molecule has 0 aromatic heterocycles. The average Bonchev–Trinajstić information content (AvgIpc) is 2.70. The number of rotatable bonds is 7. The minimum atomic E-state index is -2.32. The summed E-state index contributed by atoms with van der Waals surface area (Å²) >= 11 is 0. The van der Waals surface area contributed by atoms with E-state index in [9.17, 15) is 19.8 Å². The van der Waals surface area contributed by atoms with Crippen LogP contribution in [0.2, 0.25) is 16.6 Å². The van der Waals surface area contributed by atoms with E-state index in [0.29, 0.717) is 22.2 Å². The lowest BCUT2D eigenvalue weighted by atomic mass is 9.84. The number of likely N-dealkylation sites (tertiary alicyclic amines) is 1. The van der Waals surface area contributed by atoms with Crippen molar-refractivity contribution >= 4 is 20.4 Å². The minimum Gasteiger partial charge on any atom is -0.465 e. The van der Waals surface area contributed by atoms with Gasteiger partial charge in [0.1, 0.15) is 0 Å². The Morgan fingerprint density at radius 1 is 1.00 bits per heavy atom. The molecule has 0 radical (unpaired) electrons. The first-order chi connectivity index (χ1) is 14.4. The lowest BCUT2D eigenvalue weighted by Gasteiger charge is -2.49. The highest BCUT2D eigenvalue weighted by molar-refractivity contribution is 6.77. The van der Waals surface area contributed by atoms with E-state index in [0.717, 1.165) is 5.56 Å². The largest absolute Gasteiger partial charge is 0.465 e. The highest BCUT2D eigenvalue weighted by atomic mass is 28.4. The molecule has 1 saturated heterocycles. The molecule has 8 heteroatoms. The number of piperidine rings is 1. The number of carboxylic acid groups (broad SMARTS) is 1. The molecule has 1 heterocycles. The molecule has 2 N–H and O–H groups in total. The van der Waals surface area contributed by atoms with E-state index in [1.165, 1.54) is 12.0 Å². The first-order valence-electron chi connectivity index (χ1n) is 11.0. The second kappa shape index (κ2) is 10.1. The van der Waals surface area contributed by atoms with Gasteiger partial charge >= 0.3 is 12.1 Å². The van der Waals surface area contributed by atoms with Gasteiger partial charge in [-0.3, -0.25) is 0 Å². The monoisotopic (exact) mass is 451 g/mol. The summed E-state index contributed by atoms with van der Waals surface area (Å²) in [7, 11) is -0.990. The van der Waals surface area contributed by atoms with Gasteiger partial charge in [-0.1, -0.05) is 53.7 Å². The van der Waals surface area contributed by atoms with Crippen molar-refractivity contribution in [1.29, 1.82) is 0 Å². The van der Waals surface area contributed by atoms with Crippen molar-refractivity contribution in [1.82, 2.24) is 4.90 Å². The fraction of sp³-hybridized carbons (Fsp3) is 0.652. The molecule has 1 aliphatic heterocycles. The molecule has 0 bridgehead atoms. The molecule has 1 fully saturated rings. The number of hydrogen-bond acceptors (Lipinski definition) is 5. The average molecular weight is 452 g/mol. The van der Waals surface area contributed by atoms with Crippen molar-refractivity contribution in [3.05, 3.63) is 35.4 Å². The molecule has 7 nitrogen and oxygen atoms in total. The fourth-order valence-corrected chi connectivity index (χ4v) is 10.9. The van der Waals surface area contributed by atoms with Gasteiger partial charge in [0.2, 0.25) is 8.32 Å². The van der Waals surface area contributed by atoms with Crippen LogP contribution in [0.5, 0.6) is 0 Å². The van der Waals surface area contributed by atoms with E-state index in [1.807, 2.05) is 0 Å². The fourth-order valence-electron chi connectivity index (χ4n) is 5.33. The standard InChI is InChI=1S/C23H37NO6Si/c1-14(2)31(15(3)4,16(5)6)30-20-13-24(23(27)28)12-19(25)21(20)17-8-10-18(11-9-17)22(26)29-7/h8-11,14-16,19-21,25H,12-13H2,1-7H3,(H,27,28). The molecule has 1 aromatic rings. The molecule has 1 aromatic carbocycles. The van der Waals surface area contributed by atoms with Gasteiger partial charge in [0.15, 0.2) is 0 Å². The van der Waals surface area contributed by atoms with E-state index < -0.39 is 32.6 Å². The SMILES string of the molecule is COC(=O)c1ccc(C2C(O)CN(C(=O)O)CC2O[Si](C(C)C)(C(C)C)C(C)C)cc1. The lowest BCUT2D eigenvalue weighted by molar-refractivity contribution is -0.0190. The number of ether oxygens (including phenoxy) is 1. The maximum absolute atomic E-state index is 11.8. The van der Waals surface area contributed by atoms with Crippen LogP contribution in [-0.2, 0) is 9.16 Å². The number of benzene rings is 1. The van der Waals surface area contributed by atoms with Gasteiger partial charge in [-0.05, 0) is 34.3 Å². The van der Waals surface area contributed by atoms with Crippen molar-refractivity contribution in [3.63, 3.8) is 0 Å². The predicted octanol–water partition coefficient (Wildman–Crippen LogP) is 4.47. The van der Waals surface area contributed by atoms with E-state index >= 15 is 0 Å². The summed E-state index contributed by atoms with van der Waals surface area (Å²) < 4.78 is 11.7. The van der Waals surface area contributed by atoms with Gasteiger partial charge in [0.05, 0.1) is 31.4 Å². The maximum Gasteiger partial charge on any atom is 0.407 e. The number of aliphatic hydroxyl groups excluding tert-OH is 1. The van der Waals surface area contributed by atoms with Crippen LogP contribution in [0.3, 0.4) is 0 Å². The third-order valence-corrected chi connectivity index (χ3v) is 12.8. The number of amides is 1. The Kier molecular flexibility index (Phi) is 8.30. The number of aliphatic hydroxyl groups is 1. The predicted molar refractivity (Wildman–Crippen MR) is 122 cm³/mol. The lowest BCUT2D eigenvalue weighted by Crippen LogP contribution is -2.59. The number of nitrogens with zero attached hydrogens (tertiary/aromatic N) is 1. The molecule has 1 amide bonds. The summed E-state index contributed by atoms with van der Waals surface area (Å²) in [6.07, 6.45) is -2.43. The molecule has 174 valence electrons. The van der Waals surface area contributed by atoms with Gasteiger partial charge < -0.3 is 24.3 Å². The van der Waals surface area contributed by atoms with Crippen molar-refractivity contribution in [2.45, 2.75) is 76.3 Å². The van der Waals surface area contributed by atoms with Crippen LogP contribution in [-0.4, -0.2) is 67.9 Å². The Morgan fingerprint density at radius 3 is 1.94 bits per heavy atom. The number of β-amino-alcohol motifs (C(OH)–C–C–N with tert-alkyl or cyclic N) is 1. The first kappa shape index (κ1) is 25.4. The number of hydrogen-bond donors (Lipinski definition) is 2. The molecular formula is C23H37NO6Si. The van der Waals surface area contributed by atoms with Gasteiger partial charge in [0, 0.05) is 12.5 Å². The molecular weight excluding hydrogens is 414 g/mol. The number of methoxy groups -OCH3 is 1. The summed E-state index contributed by atoms with van der Waals surface area (Å²) in [6.45, 7) is 13.3. The quantitative estimate of drug-likeness (QED) is 0.469. The molecule has 3 atom stereocenters. The van der Waals surface area contributed by atoms with E-state index in [1.54, 1.807) is 24.3 Å². The maximum atomic E-state index is 11.8. The summed E-state index contributed by atoms with van der Waals surface area (Å²) in [6, 6.07) is 6.95. The Hall–Kier alpha value is -1.90. The number of carbonyl (C=O) groups excluding carboxylic acids is 1. The number of carbonyl (C=O) groups is 2. The molecule has 0 aliphatic carbocycles. The summed E-state index contributed by atoms with van der Waals surface area (Å²) in [5, 5.41) is 20.6. The Bertz CT molecular complexity index is 742. The number of esters is 1. The summed E-state index contributed by atoms with van der Waals surface area (Å²) in [5.74, 6) is -0.808. The van der Waals surface area contributed by atoms with Crippen LogP contribution in [0.1, 0.15) is 63.4 Å². The first-order valence-corrected chi connectivity index (χ1v) is 13.1. The smallest absolute Gasteiger partial charge is 0.407 e. The van der Waals surface area contributed by atoms with Crippen molar-refractivity contribution in [3.8, 4) is 0 Å². The molecule has 0 saturated carbocycles. The third-order valence-electron chi connectivity index (χ3n) is 6.67. The molecule has 3 unspecified atom stereocenters.